The number of hydrogen-bond acceptors (Lipinski definition) is 7. The van der Waals surface area contributed by atoms with Crippen molar-refractivity contribution in [2.24, 2.45) is 0 Å². The Morgan fingerprint density at radius 3 is 2.00 bits per heavy atom. The van der Waals surface area contributed by atoms with Gasteiger partial charge < -0.3 is 25.7 Å². The first-order valence-corrected chi connectivity index (χ1v) is 11.5. The number of esters is 2. The van der Waals surface area contributed by atoms with Crippen molar-refractivity contribution in [1.82, 2.24) is 0 Å². The molecule has 7 nitrogen and oxygen atoms in total. The summed E-state index contributed by atoms with van der Waals surface area (Å²) in [7, 11) is 0. The lowest BCUT2D eigenvalue weighted by Crippen LogP contribution is -2.40. The Bertz CT molecular complexity index is 1210. The van der Waals surface area contributed by atoms with E-state index in [0.29, 0.717) is 29.3 Å². The molecular weight excluding hydrogens is 456 g/mol. The zero-order chi connectivity index (χ0) is 26.3. The number of hydrogen-bond donors (Lipinski definition) is 2. The summed E-state index contributed by atoms with van der Waals surface area (Å²) in [5.41, 5.74) is 12.0. The van der Waals surface area contributed by atoms with Gasteiger partial charge in [0.05, 0.1) is 5.56 Å². The number of ether oxygens (including phenoxy) is 3. The molecule has 4 N–H and O–H groups in total. The standard InChI is InChI=1S/C29H32N2O5/c1-28(2,19-29(3,4)36-26(32)15-10-20-8-6-5-7-9-20)35-25-13-11-24(12-14-25)34-27(33)21-16-22(30)18-23(31)17-21/h5-18H,19,30-31H2,1-4H3/b15-10-. The van der Waals surface area contributed by atoms with Gasteiger partial charge in [-0.15, -0.1) is 0 Å². The van der Waals surface area contributed by atoms with Gasteiger partial charge in [-0.3, -0.25) is 0 Å². The lowest BCUT2D eigenvalue weighted by molar-refractivity contribution is -0.154. The van der Waals surface area contributed by atoms with E-state index in [4.69, 9.17) is 25.7 Å². The fourth-order valence-corrected chi connectivity index (χ4v) is 3.99. The van der Waals surface area contributed by atoms with Crippen LogP contribution in [0.5, 0.6) is 11.5 Å². The van der Waals surface area contributed by atoms with Crippen LogP contribution in [0.25, 0.3) is 6.08 Å². The number of carbonyl (C=O) groups is 2. The van der Waals surface area contributed by atoms with Gasteiger partial charge in [-0.2, -0.15) is 0 Å². The Hall–Kier alpha value is -4.26. The average Bonchev–Trinajstić information content (AvgIpc) is 2.77. The Kier molecular flexibility index (Phi) is 8.04. The summed E-state index contributed by atoms with van der Waals surface area (Å²) in [5.74, 6) is -0.0506. The number of carbonyl (C=O) groups excluding carboxylic acids is 2. The number of nitrogens with two attached hydrogens (primary N) is 2. The fraction of sp³-hybridized carbons (Fsp3) is 0.241. The van der Waals surface area contributed by atoms with Crippen molar-refractivity contribution in [2.75, 3.05) is 11.5 Å². The molecule has 0 radical (unpaired) electrons. The van der Waals surface area contributed by atoms with E-state index >= 15 is 0 Å². The van der Waals surface area contributed by atoms with Gasteiger partial charge in [0.1, 0.15) is 22.7 Å². The van der Waals surface area contributed by atoms with Crippen LogP contribution in [0.4, 0.5) is 11.4 Å². The first kappa shape index (κ1) is 26.3. The Balaban J connectivity index is 1.56. The molecule has 0 aromatic heterocycles. The zero-order valence-electron chi connectivity index (χ0n) is 21.0. The van der Waals surface area contributed by atoms with E-state index in [1.54, 1.807) is 36.4 Å². The molecule has 0 saturated heterocycles. The highest BCUT2D eigenvalue weighted by molar-refractivity contribution is 5.93. The molecule has 0 atom stereocenters. The van der Waals surface area contributed by atoms with Gasteiger partial charge in [0.2, 0.25) is 0 Å². The lowest BCUT2D eigenvalue weighted by Gasteiger charge is -2.34. The molecule has 0 bridgehead atoms. The summed E-state index contributed by atoms with van der Waals surface area (Å²) < 4.78 is 17.2. The smallest absolute Gasteiger partial charge is 0.343 e. The molecule has 7 heteroatoms. The third kappa shape index (κ3) is 8.20. The van der Waals surface area contributed by atoms with Gasteiger partial charge in [-0.1, -0.05) is 30.3 Å². The maximum atomic E-state index is 12.4. The SMILES string of the molecule is CC(C)(CC(C)(C)Oc1ccc(OC(=O)c2cc(N)cc(N)c2)cc1)OC(=O)/C=C\c1ccccc1. The van der Waals surface area contributed by atoms with Crippen LogP contribution in [0.2, 0.25) is 0 Å². The van der Waals surface area contributed by atoms with Crippen molar-refractivity contribution < 1.29 is 23.8 Å². The predicted molar refractivity (Wildman–Crippen MR) is 142 cm³/mol. The molecule has 0 amide bonds. The molecule has 0 spiro atoms. The van der Waals surface area contributed by atoms with Crippen molar-refractivity contribution in [2.45, 2.75) is 45.3 Å². The molecule has 0 aliphatic rings. The third-order valence-corrected chi connectivity index (χ3v) is 5.08. The van der Waals surface area contributed by atoms with Crippen molar-refractivity contribution in [3.63, 3.8) is 0 Å². The summed E-state index contributed by atoms with van der Waals surface area (Å²) in [4.78, 5) is 24.7. The van der Waals surface area contributed by atoms with Crippen LogP contribution in [0.3, 0.4) is 0 Å². The van der Waals surface area contributed by atoms with Crippen LogP contribution < -0.4 is 20.9 Å². The third-order valence-electron chi connectivity index (χ3n) is 5.08. The second-order valence-electron chi connectivity index (χ2n) is 9.71. The summed E-state index contributed by atoms with van der Waals surface area (Å²) in [5, 5.41) is 0. The molecule has 0 saturated carbocycles. The minimum absolute atomic E-state index is 0.268. The second kappa shape index (κ2) is 11.0. The van der Waals surface area contributed by atoms with Gasteiger partial charge in [0.25, 0.3) is 0 Å². The first-order chi connectivity index (χ1) is 16.9. The molecule has 0 unspecified atom stereocenters. The molecule has 36 heavy (non-hydrogen) atoms. The van der Waals surface area contributed by atoms with E-state index in [2.05, 4.69) is 0 Å². The summed E-state index contributed by atoms with van der Waals surface area (Å²) in [6.07, 6.45) is 3.58. The summed E-state index contributed by atoms with van der Waals surface area (Å²) >= 11 is 0. The van der Waals surface area contributed by atoms with E-state index in [9.17, 15) is 9.59 Å². The summed E-state index contributed by atoms with van der Waals surface area (Å²) in [6, 6.07) is 20.8. The maximum absolute atomic E-state index is 12.4. The van der Waals surface area contributed by atoms with Crippen molar-refractivity contribution in [3.8, 4) is 11.5 Å². The van der Waals surface area contributed by atoms with Crippen LogP contribution in [-0.4, -0.2) is 23.1 Å². The minimum Gasteiger partial charge on any atom is -0.488 e. The van der Waals surface area contributed by atoms with Crippen LogP contribution in [0.1, 0.15) is 50.0 Å². The average molecular weight is 489 g/mol. The van der Waals surface area contributed by atoms with Crippen molar-refractivity contribution in [3.05, 3.63) is 90.0 Å². The lowest BCUT2D eigenvalue weighted by atomic mass is 9.92. The van der Waals surface area contributed by atoms with E-state index in [1.807, 2.05) is 58.0 Å². The number of nitrogen functional groups attached to an aromatic ring is 2. The molecule has 0 aliphatic heterocycles. The van der Waals surface area contributed by atoms with Crippen LogP contribution in [0.15, 0.2) is 78.9 Å². The van der Waals surface area contributed by atoms with Crippen LogP contribution >= 0.6 is 0 Å². The van der Waals surface area contributed by atoms with Gasteiger partial charge in [-0.25, -0.2) is 9.59 Å². The van der Waals surface area contributed by atoms with Crippen LogP contribution in [-0.2, 0) is 9.53 Å². The van der Waals surface area contributed by atoms with Gasteiger partial charge in [0.15, 0.2) is 0 Å². The van der Waals surface area contributed by atoms with E-state index in [0.717, 1.165) is 5.56 Å². The predicted octanol–water partition coefficient (Wildman–Crippen LogP) is 5.65. The Morgan fingerprint density at radius 2 is 1.39 bits per heavy atom. The monoisotopic (exact) mass is 488 g/mol. The van der Waals surface area contributed by atoms with Gasteiger partial charge in [0, 0.05) is 23.9 Å². The highest BCUT2D eigenvalue weighted by Crippen LogP contribution is 2.30. The zero-order valence-corrected chi connectivity index (χ0v) is 21.0. The largest absolute Gasteiger partial charge is 0.488 e. The number of anilines is 2. The minimum atomic E-state index is -0.767. The number of benzene rings is 3. The van der Waals surface area contributed by atoms with Gasteiger partial charge >= 0.3 is 11.9 Å². The topological polar surface area (TPSA) is 114 Å². The summed E-state index contributed by atoms with van der Waals surface area (Å²) in [6.45, 7) is 7.52. The highest BCUT2D eigenvalue weighted by Gasteiger charge is 2.33. The fourth-order valence-electron chi connectivity index (χ4n) is 3.99. The van der Waals surface area contributed by atoms with Gasteiger partial charge in [-0.05, 0) is 81.8 Å². The number of rotatable bonds is 9. The Morgan fingerprint density at radius 1 is 0.806 bits per heavy atom. The molecule has 0 heterocycles. The quantitative estimate of drug-likeness (QED) is 0.173. The first-order valence-electron chi connectivity index (χ1n) is 11.5. The second-order valence-corrected chi connectivity index (χ2v) is 9.71. The molecule has 0 fully saturated rings. The molecular formula is C29H32N2O5. The highest BCUT2D eigenvalue weighted by atomic mass is 16.6. The van der Waals surface area contributed by atoms with Crippen molar-refractivity contribution >= 4 is 29.4 Å². The molecule has 3 aromatic carbocycles. The molecule has 188 valence electrons. The normalized spacial score (nSPS) is 11.8. The molecule has 3 rings (SSSR count). The van der Waals surface area contributed by atoms with Crippen molar-refractivity contribution in [1.29, 1.82) is 0 Å². The van der Waals surface area contributed by atoms with E-state index in [1.165, 1.54) is 18.2 Å². The Labute approximate surface area is 211 Å². The maximum Gasteiger partial charge on any atom is 0.343 e. The molecule has 0 aliphatic carbocycles. The van der Waals surface area contributed by atoms with E-state index in [-0.39, 0.29) is 5.56 Å². The van der Waals surface area contributed by atoms with E-state index < -0.39 is 23.1 Å². The molecule has 3 aromatic rings. The van der Waals surface area contributed by atoms with Crippen LogP contribution in [0, 0.1) is 0 Å².